The van der Waals surface area contributed by atoms with E-state index in [1.165, 1.54) is 0 Å². The first-order valence-electron chi connectivity index (χ1n) is 7.61. The second kappa shape index (κ2) is 6.48. The van der Waals surface area contributed by atoms with Crippen molar-refractivity contribution >= 4 is 50.8 Å². The van der Waals surface area contributed by atoms with Crippen LogP contribution in [0.4, 0.5) is 28.6 Å². The lowest BCUT2D eigenvalue weighted by molar-refractivity contribution is -0.727. The number of nitro groups is 3. The Balaban J connectivity index is 2.29. The van der Waals surface area contributed by atoms with E-state index >= 15 is 0 Å². The van der Waals surface area contributed by atoms with Crippen LogP contribution in [0.5, 0.6) is 0 Å². The molecule has 1 aromatic carbocycles. The highest BCUT2D eigenvalue weighted by Crippen LogP contribution is 2.41. The number of nitrogens with zero attached hydrogens (tertiary/aromatic N) is 14. The van der Waals surface area contributed by atoms with E-state index in [-0.39, 0.29) is 22.2 Å². The lowest BCUT2D eigenvalue weighted by atomic mass is 10.2. The van der Waals surface area contributed by atoms with E-state index in [1.54, 1.807) is 0 Å². The number of rotatable bonds is 5. The van der Waals surface area contributed by atoms with Crippen LogP contribution in [-0.2, 0) is 0 Å². The SMILES string of the molecule is [N-]=[N+]=Nc1nc2c(n[n+]3[n-]c4c([N+](=O)[O-])cc([N+](=O)[O-])cc4n23)c(N=[N+]=[N-])c1[N+](=O)[O-]. The zero-order valence-electron chi connectivity index (χ0n) is 14.4. The van der Waals surface area contributed by atoms with Gasteiger partial charge < -0.3 is 0 Å². The first kappa shape index (κ1) is 18.7. The van der Waals surface area contributed by atoms with Gasteiger partial charge in [0, 0.05) is 15.9 Å². The van der Waals surface area contributed by atoms with Crippen LogP contribution in [-0.4, -0.2) is 29.4 Å². The fourth-order valence-corrected chi connectivity index (χ4v) is 2.87. The molecular formula is C11H2N14O6. The third-order valence-corrected chi connectivity index (χ3v) is 4.00. The largest absolute Gasteiger partial charge is 0.308 e. The molecule has 0 spiro atoms. The highest BCUT2D eigenvalue weighted by atomic mass is 16.6. The molecule has 0 amide bonds. The first-order valence-corrected chi connectivity index (χ1v) is 7.61. The zero-order valence-corrected chi connectivity index (χ0v) is 14.4. The Morgan fingerprint density at radius 3 is 2.35 bits per heavy atom. The quantitative estimate of drug-likeness (QED) is 0.113. The minimum Gasteiger partial charge on any atom is -0.258 e. The van der Waals surface area contributed by atoms with Crippen LogP contribution in [0.3, 0.4) is 0 Å². The minimum absolute atomic E-state index is 0.205. The topological polar surface area (TPSA) is 275 Å². The Labute approximate surface area is 164 Å². The number of benzene rings is 1. The van der Waals surface area contributed by atoms with Gasteiger partial charge in [-0.15, -0.1) is 4.52 Å². The lowest BCUT2D eigenvalue weighted by Crippen LogP contribution is -2.32. The van der Waals surface area contributed by atoms with Crippen LogP contribution in [0, 0.1) is 30.3 Å². The van der Waals surface area contributed by atoms with Crippen molar-refractivity contribution in [3.8, 4) is 0 Å². The maximum Gasteiger partial charge on any atom is 0.308 e. The van der Waals surface area contributed by atoms with Crippen molar-refractivity contribution in [2.45, 2.75) is 0 Å². The lowest BCUT2D eigenvalue weighted by Gasteiger charge is -2.01. The molecule has 3 heterocycles. The highest BCUT2D eigenvalue weighted by Gasteiger charge is 2.29. The fourth-order valence-electron chi connectivity index (χ4n) is 2.87. The summed E-state index contributed by atoms with van der Waals surface area (Å²) in [6.45, 7) is 0. The zero-order chi connectivity index (χ0) is 22.4. The van der Waals surface area contributed by atoms with Crippen molar-refractivity contribution in [3.05, 3.63) is 63.4 Å². The van der Waals surface area contributed by atoms with Gasteiger partial charge in [0.1, 0.15) is 11.2 Å². The first-order chi connectivity index (χ1) is 14.8. The molecule has 0 saturated carbocycles. The molecule has 0 bridgehead atoms. The predicted molar refractivity (Wildman–Crippen MR) is 94.5 cm³/mol. The van der Waals surface area contributed by atoms with Crippen molar-refractivity contribution in [1.29, 1.82) is 0 Å². The summed E-state index contributed by atoms with van der Waals surface area (Å²) in [6.07, 6.45) is 0. The second-order valence-electron chi connectivity index (χ2n) is 5.57. The van der Waals surface area contributed by atoms with Crippen LogP contribution in [0.15, 0.2) is 22.4 Å². The normalized spacial score (nSPS) is 10.7. The molecule has 4 aromatic rings. The molecule has 0 radical (unpaired) electrons. The monoisotopic (exact) mass is 426 g/mol. The van der Waals surface area contributed by atoms with Crippen molar-refractivity contribution in [3.63, 3.8) is 0 Å². The third-order valence-electron chi connectivity index (χ3n) is 4.00. The highest BCUT2D eigenvalue weighted by molar-refractivity contribution is 5.95. The van der Waals surface area contributed by atoms with E-state index in [0.29, 0.717) is 6.07 Å². The standard InChI is InChI=1S/C11H2N14O6/c12-19-15-7-8-11(14-10(16-20-13)9(7)24(30)31)21-4-1-3(22(26)27)2-5(23(28)29)6(4)17-25(21)18-8/h1-2H. The van der Waals surface area contributed by atoms with E-state index in [4.69, 9.17) is 11.1 Å². The predicted octanol–water partition coefficient (Wildman–Crippen LogP) is 2.19. The van der Waals surface area contributed by atoms with Gasteiger partial charge in [0.2, 0.25) is 5.82 Å². The van der Waals surface area contributed by atoms with Gasteiger partial charge in [-0.25, -0.2) is 4.98 Å². The number of aromatic nitrogens is 5. The number of fused-ring (bicyclic) bond motifs is 5. The van der Waals surface area contributed by atoms with E-state index in [1.807, 2.05) is 0 Å². The second-order valence-corrected chi connectivity index (χ2v) is 5.57. The molecule has 0 N–H and O–H groups in total. The average molecular weight is 426 g/mol. The summed E-state index contributed by atoms with van der Waals surface area (Å²) < 4.78 is 1.67. The summed E-state index contributed by atoms with van der Waals surface area (Å²) in [7, 11) is 0. The number of nitro benzene ring substituents is 2. The summed E-state index contributed by atoms with van der Waals surface area (Å²) in [4.78, 5) is 40.0. The molecular weight excluding hydrogens is 424 g/mol. The summed E-state index contributed by atoms with van der Waals surface area (Å²) in [5, 5.41) is 48.1. The summed E-state index contributed by atoms with van der Waals surface area (Å²) in [5.74, 6) is -0.793. The molecule has 0 unspecified atom stereocenters. The van der Waals surface area contributed by atoms with Gasteiger partial charge in [0.25, 0.3) is 11.4 Å². The Kier molecular flexibility index (Phi) is 3.92. The number of azide groups is 2. The molecule has 20 heteroatoms. The number of hydrogen-bond donors (Lipinski definition) is 0. The van der Waals surface area contributed by atoms with Crippen LogP contribution in [0.2, 0.25) is 0 Å². The molecule has 0 atom stereocenters. The van der Waals surface area contributed by atoms with E-state index < -0.39 is 43.3 Å². The van der Waals surface area contributed by atoms with Gasteiger partial charge in [-0.1, -0.05) is 15.3 Å². The Morgan fingerprint density at radius 1 is 1.06 bits per heavy atom. The number of pyridine rings is 1. The van der Waals surface area contributed by atoms with Crippen molar-refractivity contribution in [2.75, 3.05) is 0 Å². The van der Waals surface area contributed by atoms with Crippen LogP contribution < -0.4 is 9.84 Å². The van der Waals surface area contributed by atoms with Crippen LogP contribution in [0.1, 0.15) is 0 Å². The molecule has 0 saturated heterocycles. The molecule has 0 aliphatic rings. The van der Waals surface area contributed by atoms with Crippen molar-refractivity contribution in [2.24, 2.45) is 10.2 Å². The van der Waals surface area contributed by atoms with Gasteiger partial charge in [0.05, 0.1) is 26.4 Å². The molecule has 0 fully saturated rings. The maximum atomic E-state index is 11.4. The third kappa shape index (κ3) is 2.61. The number of hydrogen-bond acceptors (Lipinski definition) is 10. The van der Waals surface area contributed by atoms with E-state index in [9.17, 15) is 30.3 Å². The van der Waals surface area contributed by atoms with E-state index in [0.717, 1.165) is 15.3 Å². The average Bonchev–Trinajstić information content (AvgIpc) is 3.23. The minimum atomic E-state index is -1.00. The molecule has 0 aliphatic heterocycles. The van der Waals surface area contributed by atoms with Gasteiger partial charge >= 0.3 is 5.69 Å². The summed E-state index contributed by atoms with van der Waals surface area (Å²) >= 11 is 0. The maximum absolute atomic E-state index is 11.4. The Bertz CT molecular complexity index is 1590. The van der Waals surface area contributed by atoms with Crippen LogP contribution in [0.25, 0.3) is 43.1 Å². The van der Waals surface area contributed by atoms with Crippen molar-refractivity contribution < 1.29 is 19.5 Å². The Morgan fingerprint density at radius 2 is 1.77 bits per heavy atom. The molecule has 3 aromatic heterocycles. The van der Waals surface area contributed by atoms with Gasteiger partial charge in [-0.05, 0) is 20.9 Å². The molecule has 31 heavy (non-hydrogen) atoms. The van der Waals surface area contributed by atoms with Crippen molar-refractivity contribution in [1.82, 2.24) is 19.7 Å². The Hall–Kier alpha value is -5.61. The summed E-state index contributed by atoms with van der Waals surface area (Å²) in [6, 6.07) is 1.65. The molecule has 152 valence electrons. The van der Waals surface area contributed by atoms with E-state index in [2.05, 4.69) is 35.2 Å². The molecule has 20 nitrogen and oxygen atoms in total. The molecule has 4 rings (SSSR count). The van der Waals surface area contributed by atoms with Crippen LogP contribution >= 0.6 is 0 Å². The smallest absolute Gasteiger partial charge is 0.258 e. The van der Waals surface area contributed by atoms with Gasteiger partial charge in [-0.3, -0.25) is 30.3 Å². The summed E-state index contributed by atoms with van der Waals surface area (Å²) in [5.41, 5.74) is 13.4. The van der Waals surface area contributed by atoms with Gasteiger partial charge in [0.15, 0.2) is 11.2 Å². The fraction of sp³-hybridized carbons (Fsp3) is 0. The van der Waals surface area contributed by atoms with Gasteiger partial charge in [-0.2, -0.15) is 0 Å². The number of non-ortho nitro benzene ring substituents is 2. The molecule has 0 aliphatic carbocycles.